The van der Waals surface area contributed by atoms with Crippen LogP contribution < -0.4 is 15.8 Å². The summed E-state index contributed by atoms with van der Waals surface area (Å²) in [4.78, 5) is 35.3. The number of hydrogen-bond donors (Lipinski definition) is 2. The maximum absolute atomic E-state index is 12.4. The van der Waals surface area contributed by atoms with Gasteiger partial charge in [-0.25, -0.2) is 0 Å². The van der Waals surface area contributed by atoms with E-state index in [-0.39, 0.29) is 25.1 Å². The molecular weight excluding hydrogens is 343 g/mol. The Bertz CT molecular complexity index is 661. The van der Waals surface area contributed by atoms with Crippen molar-refractivity contribution in [1.29, 1.82) is 0 Å². The molecule has 2 rings (SSSR count). The van der Waals surface area contributed by atoms with Gasteiger partial charge in [0.15, 0.2) is 6.61 Å². The highest BCUT2D eigenvalue weighted by molar-refractivity contribution is 5.98. The van der Waals surface area contributed by atoms with Gasteiger partial charge in [0, 0.05) is 12.1 Å². The van der Waals surface area contributed by atoms with E-state index in [4.69, 9.17) is 10.5 Å². The minimum absolute atomic E-state index is 0.0663. The van der Waals surface area contributed by atoms with Crippen molar-refractivity contribution in [2.75, 3.05) is 19.7 Å². The van der Waals surface area contributed by atoms with E-state index in [9.17, 15) is 27.6 Å². The van der Waals surface area contributed by atoms with Crippen LogP contribution in [0.25, 0.3) is 0 Å². The SMILES string of the molecule is NC(=O)COc1ccc(C(=O)NC2CCN(CC(F)(F)F)C2=O)cc1. The zero-order valence-corrected chi connectivity index (χ0v) is 13.0. The molecule has 1 saturated heterocycles. The minimum Gasteiger partial charge on any atom is -0.484 e. The average molecular weight is 359 g/mol. The summed E-state index contributed by atoms with van der Waals surface area (Å²) in [5.41, 5.74) is 5.14. The second-order valence-electron chi connectivity index (χ2n) is 5.47. The van der Waals surface area contributed by atoms with Crippen molar-refractivity contribution in [3.63, 3.8) is 0 Å². The first kappa shape index (κ1) is 18.6. The summed E-state index contributed by atoms with van der Waals surface area (Å²) < 4.78 is 42.1. The van der Waals surface area contributed by atoms with Gasteiger partial charge in [0.05, 0.1) is 0 Å². The number of nitrogens with one attached hydrogen (secondary N) is 1. The number of nitrogens with zero attached hydrogens (tertiary/aromatic N) is 1. The Kier molecular flexibility index (Phi) is 5.50. The first-order chi connectivity index (χ1) is 11.7. The lowest BCUT2D eigenvalue weighted by Crippen LogP contribution is -2.43. The number of carbonyl (C=O) groups is 3. The lowest BCUT2D eigenvalue weighted by molar-refractivity contribution is -0.157. The van der Waals surface area contributed by atoms with Crippen molar-refractivity contribution in [3.8, 4) is 5.75 Å². The molecule has 0 radical (unpaired) electrons. The second-order valence-corrected chi connectivity index (χ2v) is 5.47. The van der Waals surface area contributed by atoms with Gasteiger partial charge in [-0.05, 0) is 30.7 Å². The van der Waals surface area contributed by atoms with Crippen molar-refractivity contribution >= 4 is 17.7 Å². The normalized spacial score (nSPS) is 17.5. The van der Waals surface area contributed by atoms with E-state index in [1.165, 1.54) is 24.3 Å². The zero-order chi connectivity index (χ0) is 18.6. The van der Waals surface area contributed by atoms with Crippen LogP contribution in [0.2, 0.25) is 0 Å². The van der Waals surface area contributed by atoms with Crippen LogP contribution in [-0.4, -0.2) is 54.5 Å². The van der Waals surface area contributed by atoms with E-state index in [0.29, 0.717) is 10.6 Å². The highest BCUT2D eigenvalue weighted by Gasteiger charge is 2.39. The molecule has 7 nitrogen and oxygen atoms in total. The van der Waals surface area contributed by atoms with E-state index in [1.807, 2.05) is 0 Å². The van der Waals surface area contributed by atoms with Gasteiger partial charge in [0.25, 0.3) is 11.8 Å². The molecule has 1 atom stereocenters. The molecule has 1 heterocycles. The quantitative estimate of drug-likeness (QED) is 0.770. The fourth-order valence-electron chi connectivity index (χ4n) is 2.34. The number of hydrogen-bond acceptors (Lipinski definition) is 4. The van der Waals surface area contributed by atoms with Gasteiger partial charge in [-0.3, -0.25) is 14.4 Å². The van der Waals surface area contributed by atoms with E-state index < -0.39 is 36.5 Å². The molecule has 1 aliphatic rings. The predicted octanol–water partition coefficient (Wildman–Crippen LogP) is 0.444. The van der Waals surface area contributed by atoms with Crippen molar-refractivity contribution < 1.29 is 32.3 Å². The molecule has 0 bridgehead atoms. The Morgan fingerprint density at radius 2 is 1.92 bits per heavy atom. The minimum atomic E-state index is -4.48. The summed E-state index contributed by atoms with van der Waals surface area (Å²) in [5.74, 6) is -1.67. The molecule has 1 fully saturated rings. The number of primary amides is 1. The third-order valence-electron chi connectivity index (χ3n) is 3.47. The maximum atomic E-state index is 12.4. The summed E-state index contributed by atoms with van der Waals surface area (Å²) in [7, 11) is 0. The third kappa shape index (κ3) is 5.37. The Balaban J connectivity index is 1.91. The number of nitrogens with two attached hydrogens (primary N) is 1. The number of likely N-dealkylation sites (tertiary alicyclic amines) is 1. The first-order valence-electron chi connectivity index (χ1n) is 7.33. The van der Waals surface area contributed by atoms with Crippen LogP contribution in [0.1, 0.15) is 16.8 Å². The van der Waals surface area contributed by atoms with Crippen LogP contribution in [-0.2, 0) is 9.59 Å². The number of halogens is 3. The Labute approximate surface area is 140 Å². The number of amides is 3. The number of ether oxygens (including phenoxy) is 1. The predicted molar refractivity (Wildman–Crippen MR) is 79.6 cm³/mol. The van der Waals surface area contributed by atoms with Crippen LogP contribution in [0, 0.1) is 0 Å². The third-order valence-corrected chi connectivity index (χ3v) is 3.47. The van der Waals surface area contributed by atoms with Crippen LogP contribution in [0.5, 0.6) is 5.75 Å². The van der Waals surface area contributed by atoms with Gasteiger partial charge in [-0.15, -0.1) is 0 Å². The fourth-order valence-corrected chi connectivity index (χ4v) is 2.34. The molecule has 1 unspecified atom stereocenters. The summed E-state index contributed by atoms with van der Waals surface area (Å²) in [6, 6.07) is 4.69. The lowest BCUT2D eigenvalue weighted by atomic mass is 10.1. The van der Waals surface area contributed by atoms with Crippen molar-refractivity contribution in [3.05, 3.63) is 29.8 Å². The van der Waals surface area contributed by atoms with E-state index in [2.05, 4.69) is 5.32 Å². The Morgan fingerprint density at radius 3 is 2.48 bits per heavy atom. The largest absolute Gasteiger partial charge is 0.484 e. The number of rotatable bonds is 6. The van der Waals surface area contributed by atoms with Gasteiger partial charge in [-0.2, -0.15) is 13.2 Å². The topological polar surface area (TPSA) is 102 Å². The highest BCUT2D eigenvalue weighted by Crippen LogP contribution is 2.21. The first-order valence-corrected chi connectivity index (χ1v) is 7.33. The van der Waals surface area contributed by atoms with Gasteiger partial charge in [0.1, 0.15) is 18.3 Å². The molecule has 0 saturated carbocycles. The monoisotopic (exact) mass is 359 g/mol. The van der Waals surface area contributed by atoms with Crippen molar-refractivity contribution in [2.45, 2.75) is 18.6 Å². The summed E-state index contributed by atoms with van der Waals surface area (Å²) >= 11 is 0. The van der Waals surface area contributed by atoms with E-state index >= 15 is 0 Å². The van der Waals surface area contributed by atoms with Crippen LogP contribution in [0.15, 0.2) is 24.3 Å². The molecule has 0 spiro atoms. The molecule has 0 aliphatic carbocycles. The average Bonchev–Trinajstić information content (AvgIpc) is 2.85. The second kappa shape index (κ2) is 7.41. The molecule has 1 aromatic rings. The smallest absolute Gasteiger partial charge is 0.406 e. The van der Waals surface area contributed by atoms with Crippen LogP contribution >= 0.6 is 0 Å². The molecule has 25 heavy (non-hydrogen) atoms. The molecule has 136 valence electrons. The summed E-state index contributed by atoms with van der Waals surface area (Å²) in [6.07, 6.45) is -4.37. The van der Waals surface area contributed by atoms with Crippen LogP contribution in [0.3, 0.4) is 0 Å². The Hall–Kier alpha value is -2.78. The number of carbonyl (C=O) groups excluding carboxylic acids is 3. The van der Waals surface area contributed by atoms with E-state index in [1.54, 1.807) is 0 Å². The highest BCUT2D eigenvalue weighted by atomic mass is 19.4. The molecule has 1 aliphatic heterocycles. The number of alkyl halides is 3. The molecule has 1 aromatic carbocycles. The van der Waals surface area contributed by atoms with Crippen LogP contribution in [0.4, 0.5) is 13.2 Å². The maximum Gasteiger partial charge on any atom is 0.406 e. The van der Waals surface area contributed by atoms with Crippen molar-refractivity contribution in [1.82, 2.24) is 10.2 Å². The van der Waals surface area contributed by atoms with E-state index in [0.717, 1.165) is 0 Å². The Morgan fingerprint density at radius 1 is 1.28 bits per heavy atom. The molecule has 3 amide bonds. The molecule has 10 heteroatoms. The standard InChI is InChI=1S/C15H16F3N3O4/c16-15(17,18)8-21-6-5-11(14(21)24)20-13(23)9-1-3-10(4-2-9)25-7-12(19)22/h1-4,11H,5-8H2,(H2,19,22)(H,20,23). The molecular formula is C15H16F3N3O4. The molecule has 3 N–H and O–H groups in total. The van der Waals surface area contributed by atoms with Crippen molar-refractivity contribution in [2.24, 2.45) is 5.73 Å². The lowest BCUT2D eigenvalue weighted by Gasteiger charge is -2.18. The summed E-state index contributed by atoms with van der Waals surface area (Å²) in [5, 5.41) is 2.42. The van der Waals surface area contributed by atoms with Gasteiger partial charge < -0.3 is 20.7 Å². The summed E-state index contributed by atoms with van der Waals surface area (Å²) in [6.45, 7) is -1.70. The zero-order valence-electron chi connectivity index (χ0n) is 13.0. The van der Waals surface area contributed by atoms with Gasteiger partial charge >= 0.3 is 6.18 Å². The molecule has 0 aromatic heterocycles. The number of benzene rings is 1. The van der Waals surface area contributed by atoms with Gasteiger partial charge in [-0.1, -0.05) is 0 Å². The van der Waals surface area contributed by atoms with Gasteiger partial charge in [0.2, 0.25) is 5.91 Å². The fraction of sp³-hybridized carbons (Fsp3) is 0.400.